The van der Waals surface area contributed by atoms with Gasteiger partial charge in [-0.15, -0.1) is 0 Å². The summed E-state index contributed by atoms with van der Waals surface area (Å²) < 4.78 is 4.68. The van der Waals surface area contributed by atoms with E-state index >= 15 is 0 Å². The van der Waals surface area contributed by atoms with E-state index in [2.05, 4.69) is 172 Å². The largest absolute Gasteiger partial charge is 0.309 e. The Kier molecular flexibility index (Phi) is 5.88. The Bertz CT molecular complexity index is 2560. The maximum atomic E-state index is 8.06. The van der Waals surface area contributed by atoms with E-state index in [0.29, 0.717) is 5.69 Å². The van der Waals surface area contributed by atoms with Gasteiger partial charge >= 0.3 is 0 Å². The van der Waals surface area contributed by atoms with E-state index in [9.17, 15) is 0 Å². The molecule has 0 radical (unpaired) electrons. The molecular weight excluding hydrogens is 558 g/mol. The van der Waals surface area contributed by atoms with Crippen LogP contribution in [0.5, 0.6) is 0 Å². The molecule has 0 saturated heterocycles. The van der Waals surface area contributed by atoms with Crippen LogP contribution in [0, 0.1) is 6.57 Å². The first-order valence-electron chi connectivity index (χ1n) is 15.5. The summed E-state index contributed by atoms with van der Waals surface area (Å²) in [6, 6.07) is 57.7. The predicted octanol–water partition coefficient (Wildman–Crippen LogP) is 11.8. The molecule has 9 rings (SSSR count). The normalized spacial score (nSPS) is 11.5. The van der Waals surface area contributed by atoms with Crippen LogP contribution in [-0.4, -0.2) is 9.13 Å². The lowest BCUT2D eigenvalue weighted by molar-refractivity contribution is 1.18. The summed E-state index contributed by atoms with van der Waals surface area (Å²) in [5.41, 5.74) is 11.6. The van der Waals surface area contributed by atoms with Gasteiger partial charge in [-0.25, -0.2) is 4.85 Å². The zero-order valence-corrected chi connectivity index (χ0v) is 24.9. The SMILES string of the molecule is [C-]#[N+]c1ccc(-n2c3ccccc3c3ccccc32)cc1-c1cccc(-c2ccccc2-n2c3ccccc3c3ccccc32)c1. The van der Waals surface area contributed by atoms with Gasteiger partial charge in [0.15, 0.2) is 5.69 Å². The van der Waals surface area contributed by atoms with Gasteiger partial charge in [-0.1, -0.05) is 115 Å². The zero-order valence-electron chi connectivity index (χ0n) is 24.9. The van der Waals surface area contributed by atoms with E-state index in [1.807, 2.05) is 6.07 Å². The van der Waals surface area contributed by atoms with E-state index in [1.165, 1.54) is 32.6 Å². The molecule has 0 spiro atoms. The molecule has 0 bridgehead atoms. The number of nitrogens with zero attached hydrogens (tertiary/aromatic N) is 3. The maximum absolute atomic E-state index is 8.06. The van der Waals surface area contributed by atoms with E-state index in [-0.39, 0.29) is 0 Å². The third-order valence-electron chi connectivity index (χ3n) is 9.15. The second-order valence-electron chi connectivity index (χ2n) is 11.7. The molecule has 0 fully saturated rings. The lowest BCUT2D eigenvalue weighted by atomic mass is 9.96. The first-order chi connectivity index (χ1) is 22.8. The lowest BCUT2D eigenvalue weighted by Gasteiger charge is -2.16. The third-order valence-corrected chi connectivity index (χ3v) is 9.15. The van der Waals surface area contributed by atoms with Gasteiger partial charge in [0.05, 0.1) is 34.3 Å². The Morgan fingerprint density at radius 2 is 0.870 bits per heavy atom. The molecule has 46 heavy (non-hydrogen) atoms. The van der Waals surface area contributed by atoms with Gasteiger partial charge in [-0.3, -0.25) is 0 Å². The van der Waals surface area contributed by atoms with Gasteiger partial charge in [0.1, 0.15) is 0 Å². The fourth-order valence-corrected chi connectivity index (χ4v) is 7.14. The topological polar surface area (TPSA) is 14.2 Å². The molecule has 2 aromatic heterocycles. The summed E-state index contributed by atoms with van der Waals surface area (Å²) in [4.78, 5) is 3.96. The number of benzene rings is 7. The first-order valence-corrected chi connectivity index (χ1v) is 15.5. The van der Waals surface area contributed by atoms with Crippen molar-refractivity contribution in [3.63, 3.8) is 0 Å². The molecule has 0 aliphatic rings. The highest BCUT2D eigenvalue weighted by molar-refractivity contribution is 6.10. The fraction of sp³-hybridized carbons (Fsp3) is 0. The fourth-order valence-electron chi connectivity index (χ4n) is 7.14. The van der Waals surface area contributed by atoms with Crippen molar-refractivity contribution in [1.82, 2.24) is 9.13 Å². The van der Waals surface area contributed by atoms with Crippen molar-refractivity contribution in [3.05, 3.63) is 175 Å². The van der Waals surface area contributed by atoms with Gasteiger partial charge in [0.25, 0.3) is 0 Å². The predicted molar refractivity (Wildman–Crippen MR) is 192 cm³/mol. The Hall–Kier alpha value is -6.37. The molecule has 3 heteroatoms. The standard InChI is InChI=1S/C43H27N3/c1-44-38-26-25-31(45-40-21-8-3-16-33(40)34-17-4-9-22-41(34)45)28-37(38)30-14-12-13-29(27-30)32-15-2-7-20-39(32)46-42-23-10-5-18-35(42)36-19-6-11-24-43(36)46/h2-28H. The number of aromatic nitrogens is 2. The molecule has 0 aliphatic heterocycles. The van der Waals surface area contributed by atoms with Crippen molar-refractivity contribution < 1.29 is 0 Å². The molecule has 0 saturated carbocycles. The highest BCUT2D eigenvalue weighted by atomic mass is 15.0. The van der Waals surface area contributed by atoms with Crippen molar-refractivity contribution in [2.75, 3.05) is 0 Å². The van der Waals surface area contributed by atoms with E-state index < -0.39 is 0 Å². The molecule has 0 amide bonds. The summed E-state index contributed by atoms with van der Waals surface area (Å²) >= 11 is 0. The van der Waals surface area contributed by atoms with Crippen molar-refractivity contribution >= 4 is 49.3 Å². The number of para-hydroxylation sites is 5. The highest BCUT2D eigenvalue weighted by Crippen LogP contribution is 2.40. The number of rotatable bonds is 4. The van der Waals surface area contributed by atoms with Crippen LogP contribution < -0.4 is 0 Å². The van der Waals surface area contributed by atoms with Gasteiger partial charge in [-0.2, -0.15) is 0 Å². The van der Waals surface area contributed by atoms with Crippen LogP contribution in [0.25, 0.3) is 82.1 Å². The van der Waals surface area contributed by atoms with Crippen molar-refractivity contribution in [3.8, 4) is 33.6 Å². The monoisotopic (exact) mass is 585 g/mol. The Labute approximate surface area is 266 Å². The molecule has 214 valence electrons. The number of hydrogen-bond acceptors (Lipinski definition) is 0. The smallest absolute Gasteiger partial charge is 0.195 e. The molecular formula is C43H27N3. The Balaban J connectivity index is 1.23. The van der Waals surface area contributed by atoms with Crippen LogP contribution in [0.1, 0.15) is 0 Å². The summed E-state index contributed by atoms with van der Waals surface area (Å²) in [6.07, 6.45) is 0. The van der Waals surface area contributed by atoms with Gasteiger partial charge < -0.3 is 9.13 Å². The summed E-state index contributed by atoms with van der Waals surface area (Å²) in [5.74, 6) is 0. The molecule has 0 unspecified atom stereocenters. The van der Waals surface area contributed by atoms with E-state index in [0.717, 1.165) is 44.7 Å². The average Bonchev–Trinajstić information content (AvgIpc) is 3.64. The molecule has 0 atom stereocenters. The first kappa shape index (κ1) is 26.1. The minimum absolute atomic E-state index is 0.636. The van der Waals surface area contributed by atoms with Crippen LogP contribution in [0.3, 0.4) is 0 Å². The van der Waals surface area contributed by atoms with Crippen molar-refractivity contribution in [2.45, 2.75) is 0 Å². The van der Waals surface area contributed by atoms with Crippen LogP contribution in [-0.2, 0) is 0 Å². The quantitative estimate of drug-likeness (QED) is 0.182. The van der Waals surface area contributed by atoms with Crippen molar-refractivity contribution in [2.24, 2.45) is 0 Å². The van der Waals surface area contributed by atoms with Gasteiger partial charge in [-0.05, 0) is 65.2 Å². The molecule has 2 heterocycles. The Morgan fingerprint density at radius 1 is 0.391 bits per heavy atom. The average molecular weight is 586 g/mol. The Morgan fingerprint density at radius 3 is 1.43 bits per heavy atom. The van der Waals surface area contributed by atoms with Gasteiger partial charge in [0.2, 0.25) is 0 Å². The van der Waals surface area contributed by atoms with Crippen molar-refractivity contribution in [1.29, 1.82) is 0 Å². The highest BCUT2D eigenvalue weighted by Gasteiger charge is 2.17. The minimum Gasteiger partial charge on any atom is -0.309 e. The molecule has 3 nitrogen and oxygen atoms in total. The molecule has 0 N–H and O–H groups in total. The molecule has 7 aromatic carbocycles. The maximum Gasteiger partial charge on any atom is 0.195 e. The van der Waals surface area contributed by atoms with E-state index in [4.69, 9.17) is 6.57 Å². The van der Waals surface area contributed by atoms with Crippen LogP contribution in [0.2, 0.25) is 0 Å². The molecule has 0 aliphatic carbocycles. The summed E-state index contributed by atoms with van der Waals surface area (Å²) in [7, 11) is 0. The van der Waals surface area contributed by atoms with E-state index in [1.54, 1.807) is 0 Å². The third kappa shape index (κ3) is 3.91. The second kappa shape index (κ2) is 10.4. The van der Waals surface area contributed by atoms with Crippen LogP contribution in [0.15, 0.2) is 164 Å². The number of fused-ring (bicyclic) bond motifs is 6. The lowest BCUT2D eigenvalue weighted by Crippen LogP contribution is -1.97. The van der Waals surface area contributed by atoms with Crippen LogP contribution >= 0.6 is 0 Å². The zero-order chi connectivity index (χ0) is 30.6. The summed E-state index contributed by atoms with van der Waals surface area (Å²) in [6.45, 7) is 8.06. The van der Waals surface area contributed by atoms with Crippen LogP contribution in [0.4, 0.5) is 5.69 Å². The second-order valence-corrected chi connectivity index (χ2v) is 11.7. The molecule has 9 aromatic rings. The summed E-state index contributed by atoms with van der Waals surface area (Å²) in [5, 5.41) is 4.92. The minimum atomic E-state index is 0.636. The van der Waals surface area contributed by atoms with Gasteiger partial charge in [0, 0.05) is 32.8 Å². The number of hydrogen-bond donors (Lipinski definition) is 0.